The van der Waals surface area contributed by atoms with Gasteiger partial charge < -0.3 is 24.8 Å². The van der Waals surface area contributed by atoms with E-state index in [4.69, 9.17) is 14.7 Å². The molecular weight excluding hydrogens is 469 g/mol. The Balaban J connectivity index is 1.24. The summed E-state index contributed by atoms with van der Waals surface area (Å²) >= 11 is 0. The number of nitrogens with zero attached hydrogens (tertiary/aromatic N) is 6. The molecule has 0 amide bonds. The molecule has 0 unspecified atom stereocenters. The molecule has 0 bridgehead atoms. The molecule has 4 heterocycles. The minimum Gasteiger partial charge on any atom is -0.378 e. The van der Waals surface area contributed by atoms with E-state index in [1.807, 2.05) is 35.4 Å². The maximum atomic E-state index is 14.9. The average Bonchev–Trinajstić information content (AvgIpc) is 2.94. The number of piperazine rings is 1. The second kappa shape index (κ2) is 10.3. The lowest BCUT2D eigenvalue weighted by Crippen LogP contribution is -2.44. The van der Waals surface area contributed by atoms with Crippen LogP contribution in [0.15, 0.2) is 60.9 Å². The van der Waals surface area contributed by atoms with E-state index in [0.717, 1.165) is 54.0 Å². The van der Waals surface area contributed by atoms with Gasteiger partial charge in [0, 0.05) is 73.9 Å². The van der Waals surface area contributed by atoms with Gasteiger partial charge in [-0.05, 0) is 37.4 Å². The number of nitrogens with one attached hydrogen (secondary N) is 1. The molecule has 0 saturated carbocycles. The average molecular weight is 500 g/mol. The van der Waals surface area contributed by atoms with Crippen molar-refractivity contribution in [2.45, 2.75) is 0 Å². The van der Waals surface area contributed by atoms with Gasteiger partial charge >= 0.3 is 0 Å². The maximum Gasteiger partial charge on any atom is 0.227 e. The number of hydrogen-bond donors (Lipinski definition) is 1. The number of aromatic nitrogens is 3. The van der Waals surface area contributed by atoms with Crippen LogP contribution < -0.4 is 15.1 Å². The lowest BCUT2D eigenvalue weighted by atomic mass is 10.0. The van der Waals surface area contributed by atoms with Crippen molar-refractivity contribution in [1.82, 2.24) is 19.9 Å². The van der Waals surface area contributed by atoms with E-state index >= 15 is 0 Å². The van der Waals surface area contributed by atoms with Gasteiger partial charge in [-0.1, -0.05) is 18.2 Å². The molecule has 0 atom stereocenters. The van der Waals surface area contributed by atoms with E-state index in [1.54, 1.807) is 12.3 Å². The highest BCUT2D eigenvalue weighted by atomic mass is 19.1. The number of halogens is 1. The minimum atomic E-state index is -0.278. The molecule has 0 spiro atoms. The highest BCUT2D eigenvalue weighted by Crippen LogP contribution is 2.30. The summed E-state index contributed by atoms with van der Waals surface area (Å²) in [5.41, 5.74) is 3.98. The number of benzene rings is 2. The van der Waals surface area contributed by atoms with Crippen molar-refractivity contribution < 1.29 is 9.13 Å². The first-order valence-electron chi connectivity index (χ1n) is 12.7. The van der Waals surface area contributed by atoms with Crippen LogP contribution in [0.4, 0.5) is 27.5 Å². The largest absolute Gasteiger partial charge is 0.378 e. The zero-order chi connectivity index (χ0) is 25.2. The molecule has 6 rings (SSSR count). The smallest absolute Gasteiger partial charge is 0.227 e. The second-order valence-corrected chi connectivity index (χ2v) is 9.52. The Morgan fingerprint density at radius 1 is 0.865 bits per heavy atom. The topological polar surface area (TPSA) is 69.7 Å². The first-order valence-corrected chi connectivity index (χ1v) is 12.7. The predicted octanol–water partition coefficient (Wildman–Crippen LogP) is 4.16. The summed E-state index contributed by atoms with van der Waals surface area (Å²) in [6, 6.07) is 15.4. The van der Waals surface area contributed by atoms with E-state index in [2.05, 4.69) is 39.3 Å². The molecule has 2 aliphatic rings. The van der Waals surface area contributed by atoms with Gasteiger partial charge in [0.2, 0.25) is 5.95 Å². The molecule has 2 aliphatic heterocycles. The molecule has 0 aliphatic carbocycles. The van der Waals surface area contributed by atoms with Crippen molar-refractivity contribution in [3.8, 4) is 11.1 Å². The van der Waals surface area contributed by atoms with Crippen LogP contribution >= 0.6 is 0 Å². The zero-order valence-electron chi connectivity index (χ0n) is 20.9. The summed E-state index contributed by atoms with van der Waals surface area (Å²) in [7, 11) is 2.15. The quantitative estimate of drug-likeness (QED) is 0.439. The van der Waals surface area contributed by atoms with Gasteiger partial charge in [0.25, 0.3) is 0 Å². The van der Waals surface area contributed by atoms with Crippen molar-refractivity contribution in [1.29, 1.82) is 0 Å². The van der Waals surface area contributed by atoms with Gasteiger partial charge in [0.1, 0.15) is 11.6 Å². The van der Waals surface area contributed by atoms with Crippen molar-refractivity contribution in [2.75, 3.05) is 74.6 Å². The van der Waals surface area contributed by atoms with E-state index in [-0.39, 0.29) is 5.82 Å². The highest BCUT2D eigenvalue weighted by molar-refractivity contribution is 5.93. The standard InChI is InChI=1S/C28H30FN7O/c1-34-9-11-36(12-10-34)26-8-5-20(18-30-26)23-4-2-3-21-19-31-28(33-27(21)23)32-22-6-7-25(24(29)17-22)35-13-15-37-16-14-35/h2-8,17-19H,9-16H2,1H3,(H,31,32,33). The van der Waals surface area contributed by atoms with Gasteiger partial charge in [-0.15, -0.1) is 0 Å². The third kappa shape index (κ3) is 5.05. The Bertz CT molecular complexity index is 1380. The van der Waals surface area contributed by atoms with E-state index in [9.17, 15) is 4.39 Å². The molecule has 2 fully saturated rings. The highest BCUT2D eigenvalue weighted by Gasteiger charge is 2.17. The predicted molar refractivity (Wildman–Crippen MR) is 145 cm³/mol. The fourth-order valence-electron chi connectivity index (χ4n) is 4.89. The van der Waals surface area contributed by atoms with Crippen molar-refractivity contribution >= 4 is 34.0 Å². The molecule has 4 aromatic rings. The maximum absolute atomic E-state index is 14.9. The summed E-state index contributed by atoms with van der Waals surface area (Å²) in [6.45, 7) is 6.64. The minimum absolute atomic E-state index is 0.278. The summed E-state index contributed by atoms with van der Waals surface area (Å²) < 4.78 is 20.3. The van der Waals surface area contributed by atoms with E-state index < -0.39 is 0 Å². The SMILES string of the molecule is CN1CCN(c2ccc(-c3cccc4cnc(Nc5ccc(N6CCOCC6)c(F)c5)nc34)cn2)CC1. The molecule has 2 saturated heterocycles. The Morgan fingerprint density at radius 3 is 2.46 bits per heavy atom. The number of hydrogen-bond acceptors (Lipinski definition) is 8. The molecule has 2 aromatic carbocycles. The Labute approximate surface area is 215 Å². The lowest BCUT2D eigenvalue weighted by Gasteiger charge is -2.33. The summed E-state index contributed by atoms with van der Waals surface area (Å²) in [4.78, 5) is 20.7. The Morgan fingerprint density at radius 2 is 1.70 bits per heavy atom. The van der Waals surface area contributed by atoms with E-state index in [1.165, 1.54) is 6.07 Å². The number of rotatable bonds is 5. The van der Waals surface area contributed by atoms with Crippen LogP contribution in [0.1, 0.15) is 0 Å². The summed E-state index contributed by atoms with van der Waals surface area (Å²) in [5, 5.41) is 4.10. The molecule has 9 heteroatoms. The molecule has 1 N–H and O–H groups in total. The fraction of sp³-hybridized carbons (Fsp3) is 0.321. The van der Waals surface area contributed by atoms with Crippen molar-refractivity contribution in [2.24, 2.45) is 0 Å². The third-order valence-corrected chi connectivity index (χ3v) is 7.05. The van der Waals surface area contributed by atoms with Gasteiger partial charge in [0.05, 0.1) is 24.4 Å². The van der Waals surface area contributed by atoms with Gasteiger partial charge in [-0.3, -0.25) is 0 Å². The molecule has 2 aromatic heterocycles. The summed E-state index contributed by atoms with van der Waals surface area (Å²) in [6.07, 6.45) is 3.70. The van der Waals surface area contributed by atoms with Crippen LogP contribution in [0.25, 0.3) is 22.0 Å². The van der Waals surface area contributed by atoms with Crippen LogP contribution in [-0.4, -0.2) is 79.4 Å². The number of ether oxygens (including phenoxy) is 1. The number of pyridine rings is 1. The van der Waals surface area contributed by atoms with Crippen LogP contribution in [0.2, 0.25) is 0 Å². The number of anilines is 4. The Hall–Kier alpha value is -3.82. The third-order valence-electron chi connectivity index (χ3n) is 7.05. The van der Waals surface area contributed by atoms with E-state index in [0.29, 0.717) is 43.6 Å². The molecule has 190 valence electrons. The molecule has 0 radical (unpaired) electrons. The van der Waals surface area contributed by atoms with Gasteiger partial charge in [-0.2, -0.15) is 0 Å². The van der Waals surface area contributed by atoms with Crippen LogP contribution in [0, 0.1) is 5.82 Å². The fourth-order valence-corrected chi connectivity index (χ4v) is 4.89. The second-order valence-electron chi connectivity index (χ2n) is 9.52. The molecular formula is C28H30FN7O. The molecule has 37 heavy (non-hydrogen) atoms. The number of morpholine rings is 1. The Kier molecular flexibility index (Phi) is 6.55. The van der Waals surface area contributed by atoms with Crippen LogP contribution in [0.3, 0.4) is 0 Å². The summed E-state index contributed by atoms with van der Waals surface area (Å²) in [5.74, 6) is 1.14. The first-order chi connectivity index (χ1) is 18.1. The monoisotopic (exact) mass is 499 g/mol. The normalized spacial score (nSPS) is 16.8. The van der Waals surface area contributed by atoms with Gasteiger partial charge in [0.15, 0.2) is 0 Å². The van der Waals surface area contributed by atoms with Crippen molar-refractivity contribution in [3.05, 3.63) is 66.7 Å². The molecule has 8 nitrogen and oxygen atoms in total. The number of para-hydroxylation sites is 1. The first kappa shape index (κ1) is 23.6. The zero-order valence-corrected chi connectivity index (χ0v) is 20.9. The number of fused-ring (bicyclic) bond motifs is 1. The van der Waals surface area contributed by atoms with Crippen molar-refractivity contribution in [3.63, 3.8) is 0 Å². The van der Waals surface area contributed by atoms with Gasteiger partial charge in [-0.25, -0.2) is 19.3 Å². The number of likely N-dealkylation sites (N-methyl/N-ethyl adjacent to an activating group) is 1. The van der Waals surface area contributed by atoms with Crippen LogP contribution in [-0.2, 0) is 4.74 Å². The lowest BCUT2D eigenvalue weighted by molar-refractivity contribution is 0.122. The van der Waals surface area contributed by atoms with Crippen LogP contribution in [0.5, 0.6) is 0 Å².